The Labute approximate surface area is 109 Å². The average Bonchev–Trinajstić information content (AvgIpc) is 2.59. The van der Waals surface area contributed by atoms with Gasteiger partial charge in [0.25, 0.3) is 0 Å². The molecular weight excluding hydrogens is 234 g/mol. The number of aromatic nitrogens is 3. The van der Waals surface area contributed by atoms with Gasteiger partial charge >= 0.3 is 0 Å². The molecule has 1 heterocycles. The first-order valence-corrected chi connectivity index (χ1v) is 6.88. The molecule has 1 aliphatic rings. The highest BCUT2D eigenvalue weighted by molar-refractivity contribution is 6.28. The molecule has 1 aromatic rings. The molecule has 0 saturated heterocycles. The first-order chi connectivity index (χ1) is 7.89. The summed E-state index contributed by atoms with van der Waals surface area (Å²) in [5.74, 6) is 1.79. The van der Waals surface area contributed by atoms with E-state index in [-0.39, 0.29) is 5.41 Å². The molecule has 3 nitrogen and oxygen atoms in total. The maximum Gasteiger partial charge on any atom is 0.225 e. The van der Waals surface area contributed by atoms with E-state index in [1.54, 1.807) is 0 Å². The Bertz CT molecular complexity index is 392. The van der Waals surface area contributed by atoms with Gasteiger partial charge in [0.1, 0.15) is 5.82 Å². The van der Waals surface area contributed by atoms with E-state index in [9.17, 15) is 0 Å². The van der Waals surface area contributed by atoms with Gasteiger partial charge in [0.15, 0.2) is 0 Å². The van der Waals surface area contributed by atoms with Gasteiger partial charge in [0, 0.05) is 11.5 Å². The summed E-state index contributed by atoms with van der Waals surface area (Å²) in [5.41, 5.74) is 0.000819. The Balaban J connectivity index is 2.33. The second-order valence-electron chi connectivity index (χ2n) is 6.34. The zero-order valence-electron chi connectivity index (χ0n) is 11.2. The van der Waals surface area contributed by atoms with Crippen LogP contribution in [0.3, 0.4) is 0 Å². The first-order valence-electron chi connectivity index (χ1n) is 6.50. The molecule has 0 aromatic carbocycles. The van der Waals surface area contributed by atoms with Gasteiger partial charge in [0.2, 0.25) is 5.28 Å². The van der Waals surface area contributed by atoms with Gasteiger partial charge in [-0.15, -0.1) is 10.2 Å². The lowest BCUT2D eigenvalue weighted by atomic mass is 9.86. The van der Waals surface area contributed by atoms with Crippen LogP contribution in [0.15, 0.2) is 0 Å². The van der Waals surface area contributed by atoms with Gasteiger partial charge in [-0.05, 0) is 30.4 Å². The maximum absolute atomic E-state index is 6.22. The van der Waals surface area contributed by atoms with Crippen LogP contribution in [0, 0.1) is 5.92 Å². The standard InChI is InChI=1S/C13H22ClN3/c1-9-6-5-7-10(8-9)17-11(13(2,3)4)15-16-12(17)14/h9-10H,5-8H2,1-4H3. The summed E-state index contributed by atoms with van der Waals surface area (Å²) in [6.45, 7) is 8.81. The average molecular weight is 256 g/mol. The van der Waals surface area contributed by atoms with Crippen LogP contribution in [-0.2, 0) is 5.41 Å². The summed E-state index contributed by atoms with van der Waals surface area (Å²) in [6.07, 6.45) is 5.01. The number of hydrogen-bond donors (Lipinski definition) is 0. The zero-order chi connectivity index (χ0) is 12.6. The van der Waals surface area contributed by atoms with Crippen molar-refractivity contribution >= 4 is 11.6 Å². The molecule has 2 unspecified atom stereocenters. The minimum atomic E-state index is 0.000819. The van der Waals surface area contributed by atoms with E-state index >= 15 is 0 Å². The van der Waals surface area contributed by atoms with Crippen LogP contribution >= 0.6 is 11.6 Å². The third-order valence-corrected chi connectivity index (χ3v) is 3.86. The van der Waals surface area contributed by atoms with Gasteiger partial charge < -0.3 is 0 Å². The SMILES string of the molecule is CC1CCCC(n2c(Cl)nnc2C(C)(C)C)C1. The molecule has 2 rings (SSSR count). The first kappa shape index (κ1) is 12.9. The van der Waals surface area contributed by atoms with E-state index in [0.717, 1.165) is 11.7 Å². The van der Waals surface area contributed by atoms with Crippen LogP contribution in [0.5, 0.6) is 0 Å². The van der Waals surface area contributed by atoms with Crippen LogP contribution < -0.4 is 0 Å². The minimum Gasteiger partial charge on any atom is -0.298 e. The molecule has 0 amide bonds. The predicted octanol–water partition coefficient (Wildman–Crippen LogP) is 3.98. The maximum atomic E-state index is 6.22. The van der Waals surface area contributed by atoms with Crippen LogP contribution in [0.4, 0.5) is 0 Å². The van der Waals surface area contributed by atoms with Gasteiger partial charge in [-0.2, -0.15) is 0 Å². The molecule has 1 fully saturated rings. The monoisotopic (exact) mass is 255 g/mol. The zero-order valence-corrected chi connectivity index (χ0v) is 12.0. The van der Waals surface area contributed by atoms with E-state index in [2.05, 4.69) is 42.5 Å². The van der Waals surface area contributed by atoms with Crippen LogP contribution in [-0.4, -0.2) is 14.8 Å². The number of halogens is 1. The van der Waals surface area contributed by atoms with Gasteiger partial charge in [-0.3, -0.25) is 4.57 Å². The molecule has 4 heteroatoms. The third-order valence-electron chi connectivity index (χ3n) is 3.60. The third kappa shape index (κ3) is 2.65. The van der Waals surface area contributed by atoms with Crippen molar-refractivity contribution in [3.63, 3.8) is 0 Å². The highest BCUT2D eigenvalue weighted by Gasteiger charge is 2.29. The van der Waals surface area contributed by atoms with Crippen molar-refractivity contribution in [2.24, 2.45) is 5.92 Å². The van der Waals surface area contributed by atoms with Crippen molar-refractivity contribution in [1.82, 2.24) is 14.8 Å². The van der Waals surface area contributed by atoms with Gasteiger partial charge in [0.05, 0.1) is 0 Å². The molecule has 1 aliphatic carbocycles. The van der Waals surface area contributed by atoms with Crippen LogP contribution in [0.25, 0.3) is 0 Å². The second kappa shape index (κ2) is 4.60. The molecule has 0 radical (unpaired) electrons. The molecule has 1 aromatic heterocycles. The van der Waals surface area contributed by atoms with Gasteiger partial charge in [-0.25, -0.2) is 0 Å². The minimum absolute atomic E-state index is 0.000819. The van der Waals surface area contributed by atoms with E-state index in [0.29, 0.717) is 11.3 Å². The van der Waals surface area contributed by atoms with Crippen molar-refractivity contribution in [3.8, 4) is 0 Å². The summed E-state index contributed by atoms with van der Waals surface area (Å²) >= 11 is 6.22. The van der Waals surface area contributed by atoms with E-state index in [4.69, 9.17) is 11.6 Å². The molecule has 96 valence electrons. The van der Waals surface area contributed by atoms with Crippen molar-refractivity contribution < 1.29 is 0 Å². The van der Waals surface area contributed by atoms with Crippen LogP contribution in [0.1, 0.15) is 65.2 Å². The normalized spacial score (nSPS) is 26.2. The highest BCUT2D eigenvalue weighted by Crippen LogP contribution is 2.36. The summed E-state index contributed by atoms with van der Waals surface area (Å²) < 4.78 is 2.16. The van der Waals surface area contributed by atoms with E-state index in [1.165, 1.54) is 25.7 Å². The quantitative estimate of drug-likeness (QED) is 0.760. The molecule has 2 atom stereocenters. The van der Waals surface area contributed by atoms with Crippen LogP contribution in [0.2, 0.25) is 5.28 Å². The fraction of sp³-hybridized carbons (Fsp3) is 0.846. The molecule has 17 heavy (non-hydrogen) atoms. The molecule has 0 spiro atoms. The van der Waals surface area contributed by atoms with Crippen molar-refractivity contribution in [2.45, 2.75) is 64.8 Å². The molecule has 0 aliphatic heterocycles. The Morgan fingerprint density at radius 3 is 2.53 bits per heavy atom. The molecule has 0 N–H and O–H groups in total. The topological polar surface area (TPSA) is 30.7 Å². The molecular formula is C13H22ClN3. The van der Waals surface area contributed by atoms with Gasteiger partial charge in [-0.1, -0.05) is 40.5 Å². The summed E-state index contributed by atoms with van der Waals surface area (Å²) in [6, 6.07) is 0.482. The smallest absolute Gasteiger partial charge is 0.225 e. The lowest BCUT2D eigenvalue weighted by Gasteiger charge is -2.31. The summed E-state index contributed by atoms with van der Waals surface area (Å²) in [5, 5.41) is 8.88. The Kier molecular flexibility index (Phi) is 3.48. The van der Waals surface area contributed by atoms with E-state index in [1.807, 2.05) is 0 Å². The molecule has 1 saturated carbocycles. The van der Waals surface area contributed by atoms with E-state index < -0.39 is 0 Å². The van der Waals surface area contributed by atoms with Crippen molar-refractivity contribution in [1.29, 1.82) is 0 Å². The Hall–Kier alpha value is -0.570. The Morgan fingerprint density at radius 1 is 1.24 bits per heavy atom. The summed E-state index contributed by atoms with van der Waals surface area (Å²) in [4.78, 5) is 0. The fourth-order valence-electron chi connectivity index (χ4n) is 2.74. The number of hydrogen-bond acceptors (Lipinski definition) is 2. The highest BCUT2D eigenvalue weighted by atomic mass is 35.5. The Morgan fingerprint density at radius 2 is 1.94 bits per heavy atom. The fourth-order valence-corrected chi connectivity index (χ4v) is 3.00. The largest absolute Gasteiger partial charge is 0.298 e. The lowest BCUT2D eigenvalue weighted by Crippen LogP contribution is -2.25. The number of nitrogens with zero attached hydrogens (tertiary/aromatic N) is 3. The predicted molar refractivity (Wildman–Crippen MR) is 70.4 cm³/mol. The molecule has 0 bridgehead atoms. The lowest BCUT2D eigenvalue weighted by molar-refractivity contribution is 0.270. The summed E-state index contributed by atoms with van der Waals surface area (Å²) in [7, 11) is 0. The van der Waals surface area contributed by atoms with Crippen molar-refractivity contribution in [2.75, 3.05) is 0 Å². The van der Waals surface area contributed by atoms with Crippen molar-refractivity contribution in [3.05, 3.63) is 11.1 Å². The second-order valence-corrected chi connectivity index (χ2v) is 6.68. The number of rotatable bonds is 1.